The van der Waals surface area contributed by atoms with E-state index in [0.717, 1.165) is 5.56 Å². The number of hydrogen-bond acceptors (Lipinski definition) is 7. The smallest absolute Gasteiger partial charge is 0.270 e. The maximum atomic E-state index is 12.9. The summed E-state index contributed by atoms with van der Waals surface area (Å²) >= 11 is 0. The van der Waals surface area contributed by atoms with E-state index in [1.54, 1.807) is 25.3 Å². The third-order valence-corrected chi connectivity index (χ3v) is 5.13. The quantitative estimate of drug-likeness (QED) is 0.675. The van der Waals surface area contributed by atoms with Crippen molar-refractivity contribution in [2.24, 2.45) is 0 Å². The molecule has 0 atom stereocenters. The van der Waals surface area contributed by atoms with E-state index in [2.05, 4.69) is 9.88 Å². The highest BCUT2D eigenvalue weighted by Gasteiger charge is 2.26. The van der Waals surface area contributed by atoms with Crippen LogP contribution >= 0.6 is 0 Å². The Hall–Kier alpha value is -2.78. The number of nitrogens with one attached hydrogen (secondary N) is 1. The molecule has 3 rings (SSSR count). The Labute approximate surface area is 150 Å². The van der Waals surface area contributed by atoms with Crippen LogP contribution in [0.5, 0.6) is 11.5 Å². The number of rotatable bonds is 7. The number of hydrogen-bond donors (Lipinski definition) is 1. The summed E-state index contributed by atoms with van der Waals surface area (Å²) in [4.78, 5) is -0.114. The van der Waals surface area contributed by atoms with E-state index in [1.165, 1.54) is 26.4 Å². The first kappa shape index (κ1) is 18.0. The number of sulfonamides is 1. The van der Waals surface area contributed by atoms with Crippen molar-refractivity contribution in [1.82, 2.24) is 5.16 Å². The zero-order chi connectivity index (χ0) is 18.7. The number of benzene rings is 2. The summed E-state index contributed by atoms with van der Waals surface area (Å²) in [5.74, 6) is 0.399. The van der Waals surface area contributed by atoms with Gasteiger partial charge in [-0.05, 0) is 29.8 Å². The van der Waals surface area contributed by atoms with Crippen LogP contribution < -0.4 is 14.2 Å². The topological polar surface area (TPSA) is 99.9 Å². The van der Waals surface area contributed by atoms with Crippen molar-refractivity contribution in [3.8, 4) is 11.5 Å². The van der Waals surface area contributed by atoms with Crippen molar-refractivity contribution in [1.29, 1.82) is 0 Å². The van der Waals surface area contributed by atoms with Crippen LogP contribution in [-0.2, 0) is 21.4 Å². The average molecular weight is 378 g/mol. The van der Waals surface area contributed by atoms with Gasteiger partial charge in [0.2, 0.25) is 0 Å². The standard InChI is InChI=1S/C17H18N2O6S/c1-22-10-11-7-8-12-15(9-11)25-18-17(12)19-26(20,21)16-13(23-2)5-4-6-14(16)24-3/h4-9H,10H2,1-3H3,(H,18,19). The first-order chi connectivity index (χ1) is 12.5. The predicted octanol–water partition coefficient (Wildman–Crippen LogP) is 2.79. The third kappa shape index (κ3) is 3.31. The van der Waals surface area contributed by atoms with Crippen molar-refractivity contribution >= 4 is 26.8 Å². The minimum absolute atomic E-state index is 0.0805. The fourth-order valence-electron chi connectivity index (χ4n) is 2.57. The number of anilines is 1. The lowest BCUT2D eigenvalue weighted by Gasteiger charge is -2.13. The third-order valence-electron chi connectivity index (χ3n) is 3.73. The second-order valence-corrected chi connectivity index (χ2v) is 7.01. The molecule has 1 N–H and O–H groups in total. The summed E-state index contributed by atoms with van der Waals surface area (Å²) in [6.07, 6.45) is 0. The molecule has 0 bridgehead atoms. The molecule has 0 unspecified atom stereocenters. The van der Waals surface area contributed by atoms with Crippen LogP contribution in [-0.4, -0.2) is 34.9 Å². The fraction of sp³-hybridized carbons (Fsp3) is 0.235. The lowest BCUT2D eigenvalue weighted by molar-refractivity contribution is 0.185. The summed E-state index contributed by atoms with van der Waals surface area (Å²) in [7, 11) is 0.331. The Morgan fingerprint density at radius 2 is 1.77 bits per heavy atom. The molecule has 0 fully saturated rings. The maximum absolute atomic E-state index is 12.9. The van der Waals surface area contributed by atoms with Crippen LogP contribution in [0.4, 0.5) is 5.82 Å². The predicted molar refractivity (Wildman–Crippen MR) is 95.1 cm³/mol. The Balaban J connectivity index is 2.02. The first-order valence-corrected chi connectivity index (χ1v) is 9.09. The molecule has 0 radical (unpaired) electrons. The van der Waals surface area contributed by atoms with E-state index < -0.39 is 10.0 Å². The van der Waals surface area contributed by atoms with Gasteiger partial charge < -0.3 is 18.7 Å². The number of nitrogens with zero attached hydrogens (tertiary/aromatic N) is 1. The van der Waals surface area contributed by atoms with Crippen LogP contribution in [0.15, 0.2) is 45.8 Å². The van der Waals surface area contributed by atoms with E-state index in [4.69, 9.17) is 18.7 Å². The molecule has 0 amide bonds. The molecule has 8 nitrogen and oxygen atoms in total. The number of fused-ring (bicyclic) bond motifs is 1. The molecule has 0 spiro atoms. The van der Waals surface area contributed by atoms with E-state index in [1.807, 2.05) is 6.07 Å². The second-order valence-electron chi connectivity index (χ2n) is 5.39. The highest BCUT2D eigenvalue weighted by atomic mass is 32.2. The van der Waals surface area contributed by atoms with Gasteiger partial charge in [0.05, 0.1) is 26.2 Å². The number of ether oxygens (including phenoxy) is 3. The highest BCUT2D eigenvalue weighted by molar-refractivity contribution is 7.93. The van der Waals surface area contributed by atoms with Gasteiger partial charge >= 0.3 is 0 Å². The highest BCUT2D eigenvalue weighted by Crippen LogP contribution is 2.35. The maximum Gasteiger partial charge on any atom is 0.270 e. The molecule has 0 aliphatic heterocycles. The Morgan fingerprint density at radius 3 is 2.38 bits per heavy atom. The lowest BCUT2D eigenvalue weighted by Crippen LogP contribution is -2.15. The average Bonchev–Trinajstić information content (AvgIpc) is 3.02. The minimum atomic E-state index is -4.03. The summed E-state index contributed by atoms with van der Waals surface area (Å²) in [5.41, 5.74) is 1.33. The number of aromatic nitrogens is 1. The summed E-state index contributed by atoms with van der Waals surface area (Å²) in [5, 5.41) is 4.36. The van der Waals surface area contributed by atoms with Crippen molar-refractivity contribution in [3.63, 3.8) is 0 Å². The minimum Gasteiger partial charge on any atom is -0.495 e. The van der Waals surface area contributed by atoms with Gasteiger partial charge in [-0.2, -0.15) is 0 Å². The molecule has 0 aliphatic rings. The summed E-state index contributed by atoms with van der Waals surface area (Å²) < 4.78 is 48.9. The monoisotopic (exact) mass is 378 g/mol. The van der Waals surface area contributed by atoms with Gasteiger partial charge in [0.15, 0.2) is 16.3 Å². The SMILES string of the molecule is COCc1ccc2c(NS(=O)(=O)c3c(OC)cccc3OC)noc2c1. The van der Waals surface area contributed by atoms with Gasteiger partial charge in [-0.1, -0.05) is 17.3 Å². The second kappa shape index (κ2) is 7.22. The molecular weight excluding hydrogens is 360 g/mol. The van der Waals surface area contributed by atoms with Gasteiger partial charge in [-0.15, -0.1) is 0 Å². The van der Waals surface area contributed by atoms with Crippen molar-refractivity contribution in [3.05, 3.63) is 42.0 Å². The van der Waals surface area contributed by atoms with Crippen molar-refractivity contribution in [2.45, 2.75) is 11.5 Å². The molecule has 0 saturated carbocycles. The van der Waals surface area contributed by atoms with Crippen LogP contribution in [0.25, 0.3) is 11.0 Å². The first-order valence-electron chi connectivity index (χ1n) is 7.61. The van der Waals surface area contributed by atoms with Gasteiger partial charge in [0.1, 0.15) is 11.5 Å². The Morgan fingerprint density at radius 1 is 1.08 bits per heavy atom. The molecule has 2 aromatic carbocycles. The molecule has 9 heteroatoms. The van der Waals surface area contributed by atoms with Gasteiger partial charge in [0, 0.05) is 7.11 Å². The molecule has 1 aromatic heterocycles. The Kier molecular flexibility index (Phi) is 5.01. The summed E-state index contributed by atoms with van der Waals surface area (Å²) in [6, 6.07) is 9.98. The van der Waals surface area contributed by atoms with E-state index >= 15 is 0 Å². The van der Waals surface area contributed by atoms with Crippen LogP contribution in [0, 0.1) is 0 Å². The number of methoxy groups -OCH3 is 3. The molecule has 3 aromatic rings. The normalized spacial score (nSPS) is 11.5. The molecule has 0 saturated heterocycles. The zero-order valence-electron chi connectivity index (χ0n) is 14.5. The van der Waals surface area contributed by atoms with Crippen LogP contribution in [0.1, 0.15) is 5.56 Å². The zero-order valence-corrected chi connectivity index (χ0v) is 15.3. The van der Waals surface area contributed by atoms with Crippen molar-refractivity contribution < 1.29 is 27.2 Å². The van der Waals surface area contributed by atoms with E-state index in [9.17, 15) is 8.42 Å². The molecule has 1 heterocycles. The Bertz CT molecular complexity index is 1010. The van der Waals surface area contributed by atoms with Crippen LogP contribution in [0.3, 0.4) is 0 Å². The fourth-order valence-corrected chi connectivity index (χ4v) is 3.91. The molecule has 26 heavy (non-hydrogen) atoms. The van der Waals surface area contributed by atoms with Crippen molar-refractivity contribution in [2.75, 3.05) is 26.1 Å². The van der Waals surface area contributed by atoms with Gasteiger partial charge in [0.25, 0.3) is 10.0 Å². The van der Waals surface area contributed by atoms with Gasteiger partial charge in [-0.25, -0.2) is 8.42 Å². The lowest BCUT2D eigenvalue weighted by atomic mass is 10.2. The summed E-state index contributed by atoms with van der Waals surface area (Å²) in [6.45, 7) is 0.413. The van der Waals surface area contributed by atoms with Gasteiger partial charge in [-0.3, -0.25) is 4.72 Å². The van der Waals surface area contributed by atoms with E-state index in [0.29, 0.717) is 17.6 Å². The molecule has 0 aliphatic carbocycles. The molecule has 138 valence electrons. The largest absolute Gasteiger partial charge is 0.495 e. The van der Waals surface area contributed by atoms with Crippen LogP contribution in [0.2, 0.25) is 0 Å². The molecular formula is C17H18N2O6S. The van der Waals surface area contributed by atoms with E-state index in [-0.39, 0.29) is 22.2 Å².